The fraction of sp³-hybridized carbons (Fsp3) is 0.667. The zero-order chi connectivity index (χ0) is 14.6. The highest BCUT2D eigenvalue weighted by atomic mass is 35.5. The van der Waals surface area contributed by atoms with Gasteiger partial charge in [0.15, 0.2) is 9.84 Å². The van der Waals surface area contributed by atoms with Crippen LogP contribution in [0.4, 0.5) is 4.79 Å². The molecule has 2 amide bonds. The minimum Gasteiger partial charge on any atom is -0.298 e. The van der Waals surface area contributed by atoms with Crippen molar-refractivity contribution in [3.63, 3.8) is 0 Å². The van der Waals surface area contributed by atoms with Crippen molar-refractivity contribution in [2.75, 3.05) is 19.2 Å². The van der Waals surface area contributed by atoms with Crippen LogP contribution in [0.2, 0.25) is 0 Å². The van der Waals surface area contributed by atoms with Gasteiger partial charge in [0, 0.05) is 13.3 Å². The lowest BCUT2D eigenvalue weighted by Gasteiger charge is -2.16. The first-order chi connectivity index (χ1) is 8.03. The largest absolute Gasteiger partial charge is 0.442 e. The number of amides is 2. The highest BCUT2D eigenvalue weighted by Gasteiger charge is 2.28. The van der Waals surface area contributed by atoms with E-state index in [-0.39, 0.29) is 5.88 Å². The van der Waals surface area contributed by atoms with E-state index in [0.717, 1.165) is 12.5 Å². The SMILES string of the molecule is CN(C(=O)CCl)C(=O)ON=CC(C)(C)S(C)(=O)=O. The molecule has 0 aliphatic rings. The number of rotatable bonds is 4. The standard InChI is InChI=1S/C9H15ClN2O5S/c1-9(2,18(4,15)16)6-11-17-8(14)12(3)7(13)5-10/h6H,5H2,1-4H3. The van der Waals surface area contributed by atoms with E-state index >= 15 is 0 Å². The summed E-state index contributed by atoms with van der Waals surface area (Å²) < 4.78 is 21.3. The van der Waals surface area contributed by atoms with E-state index in [9.17, 15) is 18.0 Å². The van der Waals surface area contributed by atoms with Crippen molar-refractivity contribution < 1.29 is 22.8 Å². The van der Waals surface area contributed by atoms with Gasteiger partial charge in [-0.3, -0.25) is 9.63 Å². The van der Waals surface area contributed by atoms with Gasteiger partial charge in [0.1, 0.15) is 10.6 Å². The number of carbonyl (C=O) groups excluding carboxylic acids is 2. The maximum absolute atomic E-state index is 11.3. The topological polar surface area (TPSA) is 93.1 Å². The van der Waals surface area contributed by atoms with Gasteiger partial charge < -0.3 is 0 Å². The van der Waals surface area contributed by atoms with Gasteiger partial charge in [-0.05, 0) is 13.8 Å². The zero-order valence-corrected chi connectivity index (χ0v) is 12.1. The summed E-state index contributed by atoms with van der Waals surface area (Å²) in [6.45, 7) is 2.79. The minimum absolute atomic E-state index is 0.371. The summed E-state index contributed by atoms with van der Waals surface area (Å²) >= 11 is 5.24. The number of hydrogen-bond donors (Lipinski definition) is 0. The lowest BCUT2D eigenvalue weighted by atomic mass is 10.2. The Kier molecular flexibility index (Phi) is 5.75. The number of nitrogens with zero attached hydrogens (tertiary/aromatic N) is 2. The second-order valence-electron chi connectivity index (χ2n) is 4.05. The number of oxime groups is 1. The van der Waals surface area contributed by atoms with Crippen molar-refractivity contribution in [1.29, 1.82) is 0 Å². The Hall–Kier alpha value is -1.15. The minimum atomic E-state index is -3.38. The average molecular weight is 299 g/mol. The lowest BCUT2D eigenvalue weighted by Crippen LogP contribution is -2.35. The smallest absolute Gasteiger partial charge is 0.298 e. The predicted molar refractivity (Wildman–Crippen MR) is 67.4 cm³/mol. The summed E-state index contributed by atoms with van der Waals surface area (Å²) in [4.78, 5) is 27.3. The van der Waals surface area contributed by atoms with Crippen molar-refractivity contribution in [1.82, 2.24) is 4.90 Å². The summed E-state index contributed by atoms with van der Waals surface area (Å²) in [6, 6.07) is 0. The Morgan fingerprint density at radius 3 is 2.33 bits per heavy atom. The van der Waals surface area contributed by atoms with Crippen LogP contribution in [0.1, 0.15) is 13.8 Å². The molecule has 0 aromatic rings. The number of carbonyl (C=O) groups is 2. The monoisotopic (exact) mass is 298 g/mol. The summed E-state index contributed by atoms with van der Waals surface area (Å²) in [5, 5.41) is 3.26. The molecule has 0 atom stereocenters. The van der Waals surface area contributed by atoms with Crippen molar-refractivity contribution in [2.45, 2.75) is 18.6 Å². The number of alkyl halides is 1. The second-order valence-corrected chi connectivity index (χ2v) is 6.92. The summed E-state index contributed by atoms with van der Waals surface area (Å²) in [5.74, 6) is -1.02. The van der Waals surface area contributed by atoms with Gasteiger partial charge in [-0.15, -0.1) is 11.6 Å². The molecular weight excluding hydrogens is 284 g/mol. The lowest BCUT2D eigenvalue weighted by molar-refractivity contribution is -0.125. The molecule has 0 unspecified atom stereocenters. The zero-order valence-electron chi connectivity index (χ0n) is 10.5. The summed E-state index contributed by atoms with van der Waals surface area (Å²) in [5.41, 5.74) is 0. The molecule has 0 aromatic carbocycles. The van der Waals surface area contributed by atoms with Crippen LogP contribution in [0.25, 0.3) is 0 Å². The van der Waals surface area contributed by atoms with E-state index in [4.69, 9.17) is 11.6 Å². The maximum Gasteiger partial charge on any atom is 0.442 e. The Morgan fingerprint density at radius 2 is 1.94 bits per heavy atom. The van der Waals surface area contributed by atoms with Crippen LogP contribution in [0, 0.1) is 0 Å². The molecule has 0 rings (SSSR count). The third kappa shape index (κ3) is 4.61. The average Bonchev–Trinajstić information content (AvgIpc) is 2.24. The van der Waals surface area contributed by atoms with Gasteiger partial charge in [0.25, 0.3) is 0 Å². The van der Waals surface area contributed by atoms with Gasteiger partial charge in [-0.1, -0.05) is 5.16 Å². The molecular formula is C9H15ClN2O5S. The molecule has 0 heterocycles. The Labute approximate surface area is 111 Å². The van der Waals surface area contributed by atoms with E-state index in [0.29, 0.717) is 4.90 Å². The molecule has 0 bridgehead atoms. The van der Waals surface area contributed by atoms with Crippen LogP contribution < -0.4 is 0 Å². The van der Waals surface area contributed by atoms with Crippen LogP contribution in [0.15, 0.2) is 5.16 Å². The molecule has 0 fully saturated rings. The molecule has 9 heteroatoms. The predicted octanol–water partition coefficient (Wildman–Crippen LogP) is 0.629. The van der Waals surface area contributed by atoms with E-state index in [1.54, 1.807) is 0 Å². The fourth-order valence-electron chi connectivity index (χ4n) is 0.547. The van der Waals surface area contributed by atoms with Crippen LogP contribution >= 0.6 is 11.6 Å². The van der Waals surface area contributed by atoms with E-state index in [1.807, 2.05) is 0 Å². The molecule has 0 radical (unpaired) electrons. The van der Waals surface area contributed by atoms with Gasteiger partial charge in [-0.2, -0.15) is 0 Å². The van der Waals surface area contributed by atoms with Crippen molar-refractivity contribution >= 4 is 39.7 Å². The third-order valence-electron chi connectivity index (χ3n) is 2.21. The molecule has 104 valence electrons. The van der Waals surface area contributed by atoms with Gasteiger partial charge >= 0.3 is 6.09 Å². The first-order valence-electron chi connectivity index (χ1n) is 4.80. The molecule has 0 N–H and O–H groups in total. The number of sulfone groups is 1. The van der Waals surface area contributed by atoms with Crippen molar-refractivity contribution in [3.05, 3.63) is 0 Å². The van der Waals surface area contributed by atoms with E-state index in [1.165, 1.54) is 20.9 Å². The quantitative estimate of drug-likeness (QED) is 0.328. The molecule has 0 saturated heterocycles. The highest BCUT2D eigenvalue weighted by molar-refractivity contribution is 7.92. The first-order valence-corrected chi connectivity index (χ1v) is 7.23. The third-order valence-corrected chi connectivity index (χ3v) is 4.46. The molecule has 0 aliphatic carbocycles. The molecule has 0 aliphatic heterocycles. The highest BCUT2D eigenvalue weighted by Crippen LogP contribution is 2.11. The van der Waals surface area contributed by atoms with Crippen LogP contribution in [0.5, 0.6) is 0 Å². The Bertz CT molecular complexity index is 458. The summed E-state index contributed by atoms with van der Waals surface area (Å²) in [7, 11) is -2.21. The normalized spacial score (nSPS) is 12.5. The van der Waals surface area contributed by atoms with E-state index < -0.39 is 26.6 Å². The summed E-state index contributed by atoms with van der Waals surface area (Å²) in [6.07, 6.45) is 0.963. The second kappa shape index (κ2) is 6.14. The van der Waals surface area contributed by atoms with Crippen molar-refractivity contribution in [2.24, 2.45) is 5.16 Å². The van der Waals surface area contributed by atoms with Crippen LogP contribution in [-0.2, 0) is 19.5 Å². The molecule has 18 heavy (non-hydrogen) atoms. The van der Waals surface area contributed by atoms with Crippen LogP contribution in [0.3, 0.4) is 0 Å². The Morgan fingerprint density at radius 1 is 1.44 bits per heavy atom. The number of halogens is 1. The maximum atomic E-state index is 11.3. The first kappa shape index (κ1) is 16.9. The van der Waals surface area contributed by atoms with Gasteiger partial charge in [-0.25, -0.2) is 18.1 Å². The van der Waals surface area contributed by atoms with Crippen molar-refractivity contribution in [3.8, 4) is 0 Å². The molecule has 7 nitrogen and oxygen atoms in total. The number of imide groups is 1. The van der Waals surface area contributed by atoms with Gasteiger partial charge in [0.05, 0.1) is 6.21 Å². The molecule has 0 aromatic heterocycles. The number of hydrogen-bond acceptors (Lipinski definition) is 6. The van der Waals surface area contributed by atoms with Crippen LogP contribution in [-0.4, -0.2) is 55.5 Å². The Balaban J connectivity index is 4.61. The van der Waals surface area contributed by atoms with E-state index in [2.05, 4.69) is 9.99 Å². The molecule has 0 saturated carbocycles. The molecule has 0 spiro atoms. The van der Waals surface area contributed by atoms with Gasteiger partial charge in [0.2, 0.25) is 5.91 Å². The fourth-order valence-corrected chi connectivity index (χ4v) is 0.961.